The minimum atomic E-state index is -0.339. The summed E-state index contributed by atoms with van der Waals surface area (Å²) in [7, 11) is 0. The smallest absolute Gasteiger partial charge is 0.251 e. The summed E-state index contributed by atoms with van der Waals surface area (Å²) in [5, 5.41) is 2.85. The number of hydrogen-bond acceptors (Lipinski definition) is 3. The summed E-state index contributed by atoms with van der Waals surface area (Å²) in [6.45, 7) is 6.97. The fourth-order valence-electron chi connectivity index (χ4n) is 1.45. The zero-order chi connectivity index (χ0) is 12.9. The molecule has 1 aromatic carbocycles. The van der Waals surface area contributed by atoms with Crippen molar-refractivity contribution in [2.45, 2.75) is 31.3 Å². The molecule has 1 N–H and O–H groups in total. The Kier molecular flexibility index (Phi) is 5.02. The molecule has 0 saturated carbocycles. The van der Waals surface area contributed by atoms with Gasteiger partial charge in [-0.25, -0.2) is 0 Å². The molecule has 0 atom stereocenters. The number of thiol groups is 1. The van der Waals surface area contributed by atoms with Crippen LogP contribution >= 0.6 is 12.6 Å². The SMILES string of the molecule is CCOC(C)(C)CNC(=O)c1ccc(S)cc1. The minimum absolute atomic E-state index is 0.0916. The predicted octanol–water partition coefficient (Wildman–Crippen LogP) is 2.52. The molecule has 0 aromatic heterocycles. The predicted molar refractivity (Wildman–Crippen MR) is 71.7 cm³/mol. The van der Waals surface area contributed by atoms with Gasteiger partial charge in [-0.2, -0.15) is 0 Å². The molecular weight excluding hydrogens is 234 g/mol. The topological polar surface area (TPSA) is 38.3 Å². The fourth-order valence-corrected chi connectivity index (χ4v) is 1.60. The van der Waals surface area contributed by atoms with Gasteiger partial charge in [0.05, 0.1) is 5.60 Å². The van der Waals surface area contributed by atoms with E-state index in [9.17, 15) is 4.79 Å². The summed E-state index contributed by atoms with van der Waals surface area (Å²) in [5.74, 6) is -0.0916. The van der Waals surface area contributed by atoms with Crippen LogP contribution in [0.5, 0.6) is 0 Å². The summed E-state index contributed by atoms with van der Waals surface area (Å²) >= 11 is 4.17. The Hall–Kier alpha value is -1.00. The Labute approximate surface area is 108 Å². The van der Waals surface area contributed by atoms with Gasteiger partial charge in [-0.1, -0.05) is 0 Å². The summed E-state index contributed by atoms with van der Waals surface area (Å²) < 4.78 is 5.51. The molecule has 3 nitrogen and oxygen atoms in total. The Morgan fingerprint density at radius 3 is 2.47 bits per heavy atom. The molecule has 0 radical (unpaired) electrons. The van der Waals surface area contributed by atoms with E-state index >= 15 is 0 Å². The largest absolute Gasteiger partial charge is 0.374 e. The Bertz CT molecular complexity index is 374. The second kappa shape index (κ2) is 6.07. The van der Waals surface area contributed by atoms with E-state index in [1.54, 1.807) is 24.3 Å². The van der Waals surface area contributed by atoms with Crippen molar-refractivity contribution in [1.29, 1.82) is 0 Å². The number of nitrogens with one attached hydrogen (secondary N) is 1. The van der Waals surface area contributed by atoms with E-state index in [-0.39, 0.29) is 11.5 Å². The molecule has 0 aliphatic rings. The number of carbonyl (C=O) groups excluding carboxylic acids is 1. The molecule has 0 spiro atoms. The monoisotopic (exact) mass is 253 g/mol. The highest BCUT2D eigenvalue weighted by atomic mass is 32.1. The van der Waals surface area contributed by atoms with Crippen LogP contribution in [0.2, 0.25) is 0 Å². The third-order valence-corrected chi connectivity index (χ3v) is 2.64. The maximum atomic E-state index is 11.8. The van der Waals surface area contributed by atoms with Crippen LogP contribution < -0.4 is 5.32 Å². The summed E-state index contributed by atoms with van der Waals surface area (Å²) in [5.41, 5.74) is 0.295. The van der Waals surface area contributed by atoms with E-state index in [0.29, 0.717) is 18.7 Å². The fraction of sp³-hybridized carbons (Fsp3) is 0.462. The van der Waals surface area contributed by atoms with Crippen molar-refractivity contribution < 1.29 is 9.53 Å². The molecule has 1 amide bonds. The van der Waals surface area contributed by atoms with Gasteiger partial charge < -0.3 is 10.1 Å². The molecule has 1 rings (SSSR count). The molecule has 94 valence electrons. The molecule has 0 aliphatic carbocycles. The van der Waals surface area contributed by atoms with E-state index < -0.39 is 0 Å². The quantitative estimate of drug-likeness (QED) is 0.791. The average molecular weight is 253 g/mol. The first kappa shape index (κ1) is 14.1. The number of ether oxygens (including phenoxy) is 1. The molecule has 1 aromatic rings. The number of carbonyl (C=O) groups is 1. The van der Waals surface area contributed by atoms with Crippen LogP contribution in [0.25, 0.3) is 0 Å². The Balaban J connectivity index is 2.53. The van der Waals surface area contributed by atoms with Crippen LogP contribution in [-0.2, 0) is 4.74 Å². The molecule has 17 heavy (non-hydrogen) atoms. The summed E-state index contributed by atoms with van der Waals surface area (Å²) in [6, 6.07) is 7.11. The first-order valence-corrected chi connectivity index (χ1v) is 6.10. The van der Waals surface area contributed by atoms with Crippen LogP contribution in [-0.4, -0.2) is 24.7 Å². The van der Waals surface area contributed by atoms with Crippen molar-refractivity contribution >= 4 is 18.5 Å². The number of hydrogen-bond donors (Lipinski definition) is 2. The van der Waals surface area contributed by atoms with Gasteiger partial charge in [0, 0.05) is 23.6 Å². The third-order valence-electron chi connectivity index (χ3n) is 2.34. The van der Waals surface area contributed by atoms with E-state index in [0.717, 1.165) is 4.90 Å². The maximum Gasteiger partial charge on any atom is 0.251 e. The van der Waals surface area contributed by atoms with E-state index in [2.05, 4.69) is 17.9 Å². The molecule has 0 aliphatic heterocycles. The van der Waals surface area contributed by atoms with Crippen molar-refractivity contribution in [3.05, 3.63) is 29.8 Å². The zero-order valence-corrected chi connectivity index (χ0v) is 11.4. The van der Waals surface area contributed by atoms with E-state index in [1.165, 1.54) is 0 Å². The van der Waals surface area contributed by atoms with Crippen LogP contribution in [0.4, 0.5) is 0 Å². The normalized spacial score (nSPS) is 11.3. The van der Waals surface area contributed by atoms with E-state index in [4.69, 9.17) is 4.74 Å². The van der Waals surface area contributed by atoms with Gasteiger partial charge in [0.25, 0.3) is 5.91 Å². The lowest BCUT2D eigenvalue weighted by Crippen LogP contribution is -2.40. The highest BCUT2D eigenvalue weighted by molar-refractivity contribution is 7.80. The van der Waals surface area contributed by atoms with Gasteiger partial charge in [0.1, 0.15) is 0 Å². The minimum Gasteiger partial charge on any atom is -0.374 e. The van der Waals surface area contributed by atoms with Gasteiger partial charge in [-0.3, -0.25) is 4.79 Å². The lowest BCUT2D eigenvalue weighted by Gasteiger charge is -2.24. The number of amides is 1. The van der Waals surface area contributed by atoms with Crippen LogP contribution in [0, 0.1) is 0 Å². The highest BCUT2D eigenvalue weighted by Crippen LogP contribution is 2.09. The molecule has 0 fully saturated rings. The van der Waals surface area contributed by atoms with Crippen LogP contribution in [0.15, 0.2) is 29.2 Å². The Morgan fingerprint density at radius 1 is 1.35 bits per heavy atom. The van der Waals surface area contributed by atoms with Gasteiger partial charge in [-0.15, -0.1) is 12.6 Å². The Morgan fingerprint density at radius 2 is 1.94 bits per heavy atom. The first-order chi connectivity index (χ1) is 7.94. The van der Waals surface area contributed by atoms with Gasteiger partial charge >= 0.3 is 0 Å². The third kappa shape index (κ3) is 4.79. The van der Waals surface area contributed by atoms with Crippen LogP contribution in [0.1, 0.15) is 31.1 Å². The lowest BCUT2D eigenvalue weighted by molar-refractivity contribution is -0.00815. The van der Waals surface area contributed by atoms with Gasteiger partial charge in [0.15, 0.2) is 0 Å². The molecule has 0 bridgehead atoms. The molecule has 0 saturated heterocycles. The van der Waals surface area contributed by atoms with Crippen molar-refractivity contribution in [3.8, 4) is 0 Å². The molecule has 4 heteroatoms. The zero-order valence-electron chi connectivity index (χ0n) is 10.5. The average Bonchev–Trinajstić information content (AvgIpc) is 2.27. The summed E-state index contributed by atoms with van der Waals surface area (Å²) in [4.78, 5) is 12.7. The van der Waals surface area contributed by atoms with E-state index in [1.807, 2.05) is 20.8 Å². The standard InChI is InChI=1S/C13H19NO2S/c1-4-16-13(2,3)9-14-12(15)10-5-7-11(17)8-6-10/h5-8,17H,4,9H2,1-3H3,(H,14,15). The number of benzene rings is 1. The second-order valence-corrected chi connectivity index (χ2v) is 4.94. The summed E-state index contributed by atoms with van der Waals surface area (Å²) in [6.07, 6.45) is 0. The van der Waals surface area contributed by atoms with Crippen molar-refractivity contribution in [1.82, 2.24) is 5.32 Å². The highest BCUT2D eigenvalue weighted by Gasteiger charge is 2.18. The van der Waals surface area contributed by atoms with Gasteiger partial charge in [-0.05, 0) is 45.0 Å². The lowest BCUT2D eigenvalue weighted by atomic mass is 10.1. The molecular formula is C13H19NO2S. The molecule has 0 unspecified atom stereocenters. The first-order valence-electron chi connectivity index (χ1n) is 5.66. The van der Waals surface area contributed by atoms with Crippen molar-refractivity contribution in [2.24, 2.45) is 0 Å². The van der Waals surface area contributed by atoms with Crippen molar-refractivity contribution in [2.75, 3.05) is 13.2 Å². The second-order valence-electron chi connectivity index (χ2n) is 4.42. The van der Waals surface area contributed by atoms with Crippen LogP contribution in [0.3, 0.4) is 0 Å². The maximum absolute atomic E-state index is 11.8. The molecule has 0 heterocycles. The van der Waals surface area contributed by atoms with Crippen molar-refractivity contribution in [3.63, 3.8) is 0 Å². The number of rotatable bonds is 5. The van der Waals surface area contributed by atoms with Gasteiger partial charge in [0.2, 0.25) is 0 Å².